The van der Waals surface area contributed by atoms with Crippen LogP contribution in [0.25, 0.3) is 115 Å². The lowest BCUT2D eigenvalue weighted by atomic mass is 10.0. The third-order valence-electron chi connectivity index (χ3n) is 13.7. The summed E-state index contributed by atoms with van der Waals surface area (Å²) in [5.41, 5.74) is 7.98. The van der Waals surface area contributed by atoms with Gasteiger partial charge in [0, 0.05) is 108 Å². The molecule has 0 saturated carbocycles. The number of benzene rings is 6. The number of para-hydroxylation sites is 2. The van der Waals surface area contributed by atoms with Crippen LogP contribution in [-0.2, 0) is 13.1 Å². The maximum absolute atomic E-state index is 2.56. The molecule has 0 spiro atoms. The van der Waals surface area contributed by atoms with Crippen LogP contribution in [0.3, 0.4) is 0 Å². The normalized spacial score (nSPS) is 12.1. The summed E-state index contributed by atoms with van der Waals surface area (Å²) in [5, 5.41) is 10.8. The first-order valence-electron chi connectivity index (χ1n) is 23.9. The fourth-order valence-electron chi connectivity index (χ4n) is 10.4. The average Bonchev–Trinajstić information content (AvgIpc) is 4.24. The molecule has 0 saturated heterocycles. The number of unbranched alkanes of at least 4 members (excludes halogenated alkanes) is 6. The summed E-state index contributed by atoms with van der Waals surface area (Å²) < 4.78 is 5.11. The maximum atomic E-state index is 2.56. The van der Waals surface area contributed by atoms with Crippen LogP contribution in [-0.4, -0.2) is 9.13 Å². The summed E-state index contributed by atoms with van der Waals surface area (Å²) in [6.45, 7) is 6.71. The van der Waals surface area contributed by atoms with Crippen LogP contribution >= 0.6 is 45.3 Å². The van der Waals surface area contributed by atoms with Crippen molar-refractivity contribution in [3.8, 4) is 50.1 Å². The minimum Gasteiger partial charge on any atom is -0.340 e. The van der Waals surface area contributed by atoms with Crippen LogP contribution in [0.5, 0.6) is 0 Å². The highest BCUT2D eigenvalue weighted by Gasteiger charge is 2.21. The van der Waals surface area contributed by atoms with Crippen molar-refractivity contribution >= 4 is 111 Å². The molecule has 6 heteroatoms. The van der Waals surface area contributed by atoms with Gasteiger partial charge >= 0.3 is 0 Å². The first kappa shape index (κ1) is 41.7. The Kier molecular flexibility index (Phi) is 11.2. The largest absolute Gasteiger partial charge is 0.340 e. The van der Waals surface area contributed by atoms with Gasteiger partial charge in [0.1, 0.15) is 0 Å². The fraction of sp³-hybridized carbons (Fsp3) is 0.200. The van der Waals surface area contributed by atoms with Gasteiger partial charge in [-0.25, -0.2) is 0 Å². The van der Waals surface area contributed by atoms with E-state index >= 15 is 0 Å². The number of hydrogen-bond donors (Lipinski definition) is 0. The van der Waals surface area contributed by atoms with E-state index in [1.54, 1.807) is 0 Å². The van der Waals surface area contributed by atoms with E-state index in [4.69, 9.17) is 0 Å². The SMILES string of the molecule is CCCCCCn1c2ccccc2c2cc(-c3sc(-c4ccc(-c5ccc(-c6sc(-c7ccc8c(c7)c7ccccc7n8CCCCCC)c7ccccc67)s5)s4)c4ccccc34)ccc21. The molecule has 0 aliphatic carbocycles. The van der Waals surface area contributed by atoms with E-state index in [-0.39, 0.29) is 0 Å². The van der Waals surface area contributed by atoms with E-state index in [1.165, 1.54) is 167 Å². The lowest BCUT2D eigenvalue weighted by Gasteiger charge is -2.08. The molecule has 0 amide bonds. The third kappa shape index (κ3) is 7.25. The van der Waals surface area contributed by atoms with Crippen LogP contribution in [0.1, 0.15) is 65.2 Å². The minimum atomic E-state index is 1.07. The van der Waals surface area contributed by atoms with Crippen molar-refractivity contribution in [2.75, 3.05) is 0 Å². The van der Waals surface area contributed by atoms with E-state index in [0.29, 0.717) is 0 Å². The highest BCUT2D eigenvalue weighted by Crippen LogP contribution is 2.51. The number of rotatable bonds is 15. The molecule has 66 heavy (non-hydrogen) atoms. The van der Waals surface area contributed by atoms with Crippen molar-refractivity contribution in [2.45, 2.75) is 78.3 Å². The van der Waals surface area contributed by atoms with Gasteiger partial charge in [-0.15, -0.1) is 45.3 Å². The van der Waals surface area contributed by atoms with E-state index in [9.17, 15) is 0 Å². The van der Waals surface area contributed by atoms with Crippen molar-refractivity contribution in [2.24, 2.45) is 0 Å². The molecule has 326 valence electrons. The van der Waals surface area contributed by atoms with Crippen molar-refractivity contribution in [3.63, 3.8) is 0 Å². The zero-order valence-corrected chi connectivity index (χ0v) is 40.9. The molecule has 0 radical (unpaired) electrons. The smallest absolute Gasteiger partial charge is 0.0528 e. The first-order chi connectivity index (χ1) is 32.7. The molecule has 0 unspecified atom stereocenters. The van der Waals surface area contributed by atoms with Crippen LogP contribution in [0.2, 0.25) is 0 Å². The molecule has 6 aromatic heterocycles. The summed E-state index contributed by atoms with van der Waals surface area (Å²) >= 11 is 7.74. The molecule has 0 bridgehead atoms. The van der Waals surface area contributed by atoms with Crippen LogP contribution in [0, 0.1) is 0 Å². The highest BCUT2D eigenvalue weighted by atomic mass is 32.1. The van der Waals surface area contributed by atoms with Crippen LogP contribution in [0.4, 0.5) is 0 Å². The van der Waals surface area contributed by atoms with Gasteiger partial charge in [0.2, 0.25) is 0 Å². The van der Waals surface area contributed by atoms with Crippen molar-refractivity contribution in [1.29, 1.82) is 0 Å². The van der Waals surface area contributed by atoms with Gasteiger partial charge in [0.05, 0.1) is 9.75 Å². The van der Waals surface area contributed by atoms with Gasteiger partial charge < -0.3 is 9.13 Å². The van der Waals surface area contributed by atoms with E-state index in [0.717, 1.165) is 13.1 Å². The Morgan fingerprint density at radius 1 is 0.303 bits per heavy atom. The van der Waals surface area contributed by atoms with Crippen LogP contribution < -0.4 is 0 Å². The Balaban J connectivity index is 0.870. The van der Waals surface area contributed by atoms with E-state index < -0.39 is 0 Å². The predicted octanol–water partition coefficient (Wildman–Crippen LogP) is 20.0. The molecular formula is C60H52N2S4. The van der Waals surface area contributed by atoms with Gasteiger partial charge in [-0.2, -0.15) is 0 Å². The van der Waals surface area contributed by atoms with E-state index in [2.05, 4.69) is 181 Å². The van der Waals surface area contributed by atoms with Gasteiger partial charge in [-0.1, -0.05) is 149 Å². The van der Waals surface area contributed by atoms with Gasteiger partial charge in [0.15, 0.2) is 0 Å². The summed E-state index contributed by atoms with van der Waals surface area (Å²) in [5.74, 6) is 0. The lowest BCUT2D eigenvalue weighted by Crippen LogP contribution is -1.97. The summed E-state index contributed by atoms with van der Waals surface area (Å²) in [7, 11) is 0. The Morgan fingerprint density at radius 2 is 0.667 bits per heavy atom. The quantitative estimate of drug-likeness (QED) is 0.0907. The number of hydrogen-bond acceptors (Lipinski definition) is 4. The number of nitrogens with zero attached hydrogens (tertiary/aromatic N) is 2. The molecule has 6 aromatic carbocycles. The molecule has 12 aromatic rings. The Hall–Kier alpha value is -5.76. The third-order valence-corrected chi connectivity index (χ3v) is 19.0. The first-order valence-corrected chi connectivity index (χ1v) is 27.2. The average molecular weight is 929 g/mol. The topological polar surface area (TPSA) is 9.86 Å². The molecule has 6 heterocycles. The second-order valence-corrected chi connectivity index (χ2v) is 22.1. The summed E-state index contributed by atoms with van der Waals surface area (Å²) in [4.78, 5) is 10.7. The van der Waals surface area contributed by atoms with Crippen molar-refractivity contribution < 1.29 is 0 Å². The molecule has 0 atom stereocenters. The second kappa shape index (κ2) is 17.8. The number of thiophene rings is 4. The molecule has 2 nitrogen and oxygen atoms in total. The predicted molar refractivity (Wildman–Crippen MR) is 294 cm³/mol. The highest BCUT2D eigenvalue weighted by molar-refractivity contribution is 7.30. The summed E-state index contributed by atoms with van der Waals surface area (Å²) in [6.07, 6.45) is 10.1. The van der Waals surface area contributed by atoms with Gasteiger partial charge in [-0.3, -0.25) is 0 Å². The molecular weight excluding hydrogens is 877 g/mol. The number of aryl methyl sites for hydroxylation is 2. The molecule has 12 rings (SSSR count). The number of aromatic nitrogens is 2. The molecule has 0 fully saturated rings. The van der Waals surface area contributed by atoms with Crippen molar-refractivity contribution in [3.05, 3.63) is 158 Å². The maximum Gasteiger partial charge on any atom is 0.0528 e. The Morgan fingerprint density at radius 3 is 1.09 bits per heavy atom. The minimum absolute atomic E-state index is 1.07. The molecule has 0 aliphatic rings. The molecule has 0 N–H and O–H groups in total. The Labute approximate surface area is 403 Å². The Bertz CT molecular complexity index is 3470. The molecule has 0 aliphatic heterocycles. The standard InChI is InChI=1S/C60H52N2S4/c1-3-5-7-17-35-61-49-25-15-13-19-41(49)47-37-39(27-29-51(47)61)57-43-21-9-11-23-45(43)59(65-57)55-33-31-53(63-55)54-32-34-56(64-54)60-46-24-12-10-22-44(46)58(66-60)40-28-30-52-48(38-40)42-20-14-16-26-50(42)62(52)36-18-8-6-4-2/h9-16,19-34,37-38H,3-8,17-18,35-36H2,1-2H3. The second-order valence-electron chi connectivity index (χ2n) is 17.9. The fourth-order valence-corrected chi connectivity index (χ4v) is 15.3. The zero-order valence-electron chi connectivity index (χ0n) is 37.6. The monoisotopic (exact) mass is 928 g/mol. The summed E-state index contributed by atoms with van der Waals surface area (Å²) in [6, 6.07) is 59.8. The van der Waals surface area contributed by atoms with Crippen LogP contribution in [0.15, 0.2) is 158 Å². The van der Waals surface area contributed by atoms with Gasteiger partial charge in [0.25, 0.3) is 0 Å². The van der Waals surface area contributed by atoms with Gasteiger partial charge in [-0.05, 0) is 84.6 Å². The lowest BCUT2D eigenvalue weighted by molar-refractivity contribution is 0.602. The van der Waals surface area contributed by atoms with Crippen molar-refractivity contribution in [1.82, 2.24) is 9.13 Å². The number of fused-ring (bicyclic) bond motifs is 8. The zero-order chi connectivity index (χ0) is 44.1. The van der Waals surface area contributed by atoms with E-state index in [1.807, 2.05) is 45.3 Å².